The van der Waals surface area contributed by atoms with Gasteiger partial charge in [-0.15, -0.1) is 0 Å². The number of hydrogen-bond acceptors (Lipinski definition) is 2. The summed E-state index contributed by atoms with van der Waals surface area (Å²) in [6, 6.07) is 5.97. The summed E-state index contributed by atoms with van der Waals surface area (Å²) in [5, 5.41) is 0.718. The zero-order chi connectivity index (χ0) is 11.9. The predicted molar refractivity (Wildman–Crippen MR) is 69.4 cm³/mol. The Hall–Kier alpha value is -0.730. The van der Waals surface area contributed by atoms with Gasteiger partial charge in [-0.1, -0.05) is 23.7 Å². The topological polar surface area (TPSA) is 35.2 Å². The Morgan fingerprint density at radius 3 is 2.71 bits per heavy atom. The highest BCUT2D eigenvalue weighted by Gasteiger charge is 2.36. The summed E-state index contributed by atoms with van der Waals surface area (Å²) in [7, 11) is 0. The Kier molecular flexibility index (Phi) is 2.80. The molecule has 0 spiro atoms. The number of nitrogens with two attached hydrogens (primary N) is 1. The molecular formula is C14H18ClNO. The fourth-order valence-electron chi connectivity index (χ4n) is 2.33. The van der Waals surface area contributed by atoms with Crippen LogP contribution in [0, 0.1) is 5.92 Å². The number of ether oxygens (including phenoxy) is 1. The lowest BCUT2D eigenvalue weighted by Crippen LogP contribution is -2.43. The van der Waals surface area contributed by atoms with Crippen molar-refractivity contribution in [3.63, 3.8) is 0 Å². The van der Waals surface area contributed by atoms with Gasteiger partial charge in [0.05, 0.1) is 11.6 Å². The molecule has 92 valence electrons. The zero-order valence-corrected chi connectivity index (χ0v) is 10.7. The minimum atomic E-state index is -0.212. The zero-order valence-electron chi connectivity index (χ0n) is 9.92. The highest BCUT2D eigenvalue weighted by atomic mass is 35.5. The van der Waals surface area contributed by atoms with Gasteiger partial charge in [-0.05, 0) is 49.7 Å². The molecule has 1 aromatic rings. The van der Waals surface area contributed by atoms with E-state index in [1.54, 1.807) is 0 Å². The van der Waals surface area contributed by atoms with Gasteiger partial charge in [0.1, 0.15) is 5.75 Å². The van der Waals surface area contributed by atoms with Gasteiger partial charge < -0.3 is 10.5 Å². The summed E-state index contributed by atoms with van der Waals surface area (Å²) in [6.07, 6.45) is 5.83. The molecular weight excluding hydrogens is 234 g/mol. The van der Waals surface area contributed by atoms with Crippen LogP contribution in [0.3, 0.4) is 0 Å². The lowest BCUT2D eigenvalue weighted by atomic mass is 9.73. The molecule has 17 heavy (non-hydrogen) atoms. The fourth-order valence-corrected chi connectivity index (χ4v) is 2.69. The van der Waals surface area contributed by atoms with Crippen molar-refractivity contribution in [1.29, 1.82) is 0 Å². The molecule has 0 atom stereocenters. The van der Waals surface area contributed by atoms with Crippen LogP contribution in [0.25, 0.3) is 0 Å². The number of benzene rings is 1. The van der Waals surface area contributed by atoms with Crippen molar-refractivity contribution in [1.82, 2.24) is 0 Å². The Balaban J connectivity index is 1.81. The first-order valence-corrected chi connectivity index (χ1v) is 6.77. The van der Waals surface area contributed by atoms with Crippen molar-refractivity contribution < 1.29 is 4.74 Å². The van der Waals surface area contributed by atoms with Gasteiger partial charge in [0.15, 0.2) is 0 Å². The summed E-state index contributed by atoms with van der Waals surface area (Å²) in [6.45, 7) is 0.792. The smallest absolute Gasteiger partial charge is 0.138 e. The predicted octanol–water partition coefficient (Wildman–Crippen LogP) is 3.47. The summed E-state index contributed by atoms with van der Waals surface area (Å²) < 4.78 is 5.78. The van der Waals surface area contributed by atoms with Crippen molar-refractivity contribution in [3.05, 3.63) is 28.8 Å². The molecule has 1 aromatic carbocycles. The number of hydrogen-bond donors (Lipinski definition) is 1. The monoisotopic (exact) mass is 251 g/mol. The third-order valence-electron chi connectivity index (χ3n) is 3.92. The van der Waals surface area contributed by atoms with E-state index in [4.69, 9.17) is 22.1 Å². The van der Waals surface area contributed by atoms with Crippen LogP contribution in [0.1, 0.15) is 37.7 Å². The van der Waals surface area contributed by atoms with E-state index in [1.807, 2.05) is 18.2 Å². The van der Waals surface area contributed by atoms with Crippen molar-refractivity contribution in [2.75, 3.05) is 6.61 Å². The van der Waals surface area contributed by atoms with E-state index in [2.05, 4.69) is 0 Å². The molecule has 2 aliphatic carbocycles. The maximum atomic E-state index is 6.40. The molecule has 3 heteroatoms. The van der Waals surface area contributed by atoms with E-state index in [-0.39, 0.29) is 5.54 Å². The quantitative estimate of drug-likeness (QED) is 0.889. The minimum Gasteiger partial charge on any atom is -0.492 e. The Bertz CT molecular complexity index is 424. The molecule has 2 aliphatic rings. The Labute approximate surface area is 107 Å². The van der Waals surface area contributed by atoms with Crippen LogP contribution in [0.4, 0.5) is 0 Å². The fraction of sp³-hybridized carbons (Fsp3) is 0.571. The van der Waals surface area contributed by atoms with Crippen molar-refractivity contribution in [2.24, 2.45) is 11.7 Å². The van der Waals surface area contributed by atoms with E-state index in [0.717, 1.165) is 41.7 Å². The summed E-state index contributed by atoms with van der Waals surface area (Å²) in [5.74, 6) is 1.54. The second-order valence-electron chi connectivity index (χ2n) is 5.38. The Morgan fingerprint density at radius 1 is 1.35 bits per heavy atom. The molecule has 0 aliphatic heterocycles. The van der Waals surface area contributed by atoms with E-state index in [1.165, 1.54) is 19.3 Å². The molecule has 0 amide bonds. The van der Waals surface area contributed by atoms with E-state index >= 15 is 0 Å². The maximum absolute atomic E-state index is 6.40. The molecule has 3 rings (SSSR count). The lowest BCUT2D eigenvalue weighted by molar-refractivity contribution is 0.251. The highest BCUT2D eigenvalue weighted by Crippen LogP contribution is 2.44. The lowest BCUT2D eigenvalue weighted by Gasteiger charge is -2.39. The molecule has 0 unspecified atom stereocenters. The first kappa shape index (κ1) is 11.4. The molecule has 2 saturated carbocycles. The molecule has 0 radical (unpaired) electrons. The van der Waals surface area contributed by atoms with Crippen LogP contribution in [0.2, 0.25) is 5.02 Å². The second kappa shape index (κ2) is 4.18. The SMILES string of the molecule is NC1(c2cccc(OCC3CC3)c2Cl)CCC1. The van der Waals surface area contributed by atoms with Crippen molar-refractivity contribution in [3.8, 4) is 5.75 Å². The van der Waals surface area contributed by atoms with Gasteiger partial charge in [-0.25, -0.2) is 0 Å². The summed E-state index contributed by atoms with van der Waals surface area (Å²) in [5.41, 5.74) is 7.16. The standard InChI is InChI=1S/C14H18ClNO/c15-13-11(14(16)7-2-8-14)3-1-4-12(13)17-9-10-5-6-10/h1,3-4,10H,2,5-9,16H2. The molecule has 0 aromatic heterocycles. The van der Waals surface area contributed by atoms with Gasteiger partial charge in [0, 0.05) is 5.54 Å². The summed E-state index contributed by atoms with van der Waals surface area (Å²) >= 11 is 6.40. The van der Waals surface area contributed by atoms with Gasteiger partial charge in [0.2, 0.25) is 0 Å². The maximum Gasteiger partial charge on any atom is 0.138 e. The average Bonchev–Trinajstić information content (AvgIpc) is 3.08. The second-order valence-corrected chi connectivity index (χ2v) is 5.76. The van der Waals surface area contributed by atoms with E-state index < -0.39 is 0 Å². The first-order chi connectivity index (χ1) is 8.19. The van der Waals surface area contributed by atoms with Crippen molar-refractivity contribution >= 4 is 11.6 Å². The normalized spacial score (nSPS) is 22.0. The molecule has 2 fully saturated rings. The molecule has 2 nitrogen and oxygen atoms in total. The molecule has 2 N–H and O–H groups in total. The van der Waals surface area contributed by atoms with Crippen LogP contribution in [0.5, 0.6) is 5.75 Å². The highest BCUT2D eigenvalue weighted by molar-refractivity contribution is 6.33. The average molecular weight is 252 g/mol. The molecule has 0 bridgehead atoms. The minimum absolute atomic E-state index is 0.212. The third kappa shape index (κ3) is 2.16. The van der Waals surface area contributed by atoms with Gasteiger partial charge in [0.25, 0.3) is 0 Å². The molecule has 0 saturated heterocycles. The van der Waals surface area contributed by atoms with Crippen LogP contribution < -0.4 is 10.5 Å². The Morgan fingerprint density at radius 2 is 2.12 bits per heavy atom. The van der Waals surface area contributed by atoms with Gasteiger partial charge >= 0.3 is 0 Å². The third-order valence-corrected chi connectivity index (χ3v) is 4.31. The number of rotatable bonds is 4. The van der Waals surface area contributed by atoms with Gasteiger partial charge in [-0.2, -0.15) is 0 Å². The van der Waals surface area contributed by atoms with Crippen LogP contribution in [-0.4, -0.2) is 6.61 Å². The van der Waals surface area contributed by atoms with Crippen LogP contribution in [0.15, 0.2) is 18.2 Å². The first-order valence-electron chi connectivity index (χ1n) is 6.40. The summed E-state index contributed by atoms with van der Waals surface area (Å²) in [4.78, 5) is 0. The van der Waals surface area contributed by atoms with Crippen LogP contribution in [-0.2, 0) is 5.54 Å². The van der Waals surface area contributed by atoms with Crippen molar-refractivity contribution in [2.45, 2.75) is 37.6 Å². The van der Waals surface area contributed by atoms with Gasteiger partial charge in [-0.3, -0.25) is 0 Å². The largest absolute Gasteiger partial charge is 0.492 e. The molecule has 0 heterocycles. The number of halogens is 1. The van der Waals surface area contributed by atoms with E-state index in [0.29, 0.717) is 0 Å². The van der Waals surface area contributed by atoms with E-state index in [9.17, 15) is 0 Å². The van der Waals surface area contributed by atoms with Crippen LogP contribution >= 0.6 is 11.6 Å².